The molecule has 2 aromatic carbocycles. The number of aromatic carboxylic acids is 1. The molecule has 1 aromatic heterocycles. The first-order valence-corrected chi connectivity index (χ1v) is 10.9. The minimum Gasteiger partial charge on any atom is -0.478 e. The summed E-state index contributed by atoms with van der Waals surface area (Å²) in [7, 11) is -4.09. The molecule has 0 aliphatic heterocycles. The van der Waals surface area contributed by atoms with Crippen LogP contribution in [0.25, 0.3) is 0 Å². The molecule has 3 rings (SSSR count). The number of para-hydroxylation sites is 1. The lowest BCUT2D eigenvalue weighted by molar-refractivity contribution is 0.0695. The highest BCUT2D eigenvalue weighted by Crippen LogP contribution is 2.35. The summed E-state index contributed by atoms with van der Waals surface area (Å²) < 4.78 is 26.3. The molecule has 0 radical (unpaired) electrons. The third-order valence-corrected chi connectivity index (χ3v) is 6.98. The number of pyridine rings is 1. The monoisotopic (exact) mass is 459 g/mol. The second kappa shape index (κ2) is 8.75. The van der Waals surface area contributed by atoms with Crippen molar-refractivity contribution in [2.45, 2.75) is 17.2 Å². The van der Waals surface area contributed by atoms with Crippen molar-refractivity contribution in [2.24, 2.45) is 5.73 Å². The van der Waals surface area contributed by atoms with Crippen LogP contribution in [0.4, 0.5) is 16.2 Å². The van der Waals surface area contributed by atoms with E-state index in [9.17, 15) is 23.1 Å². The maximum atomic E-state index is 13.1. The van der Waals surface area contributed by atoms with Gasteiger partial charge in [-0.15, -0.1) is 0 Å². The van der Waals surface area contributed by atoms with E-state index in [0.29, 0.717) is 5.69 Å². The Hall–Kier alpha value is -3.43. The summed E-state index contributed by atoms with van der Waals surface area (Å²) in [6.07, 6.45) is 1.21. The van der Waals surface area contributed by atoms with Crippen LogP contribution in [0.1, 0.15) is 28.1 Å². The van der Waals surface area contributed by atoms with E-state index in [2.05, 4.69) is 4.98 Å². The molecule has 1 atom stereocenters. The van der Waals surface area contributed by atoms with Gasteiger partial charge in [-0.05, 0) is 43.3 Å². The van der Waals surface area contributed by atoms with E-state index in [1.807, 2.05) is 0 Å². The Bertz CT molecular complexity index is 1230. The van der Waals surface area contributed by atoms with Crippen molar-refractivity contribution in [1.29, 1.82) is 0 Å². The number of aromatic nitrogens is 1. The molecule has 0 aliphatic rings. The van der Waals surface area contributed by atoms with Crippen LogP contribution in [0.2, 0.25) is 5.02 Å². The second-order valence-electron chi connectivity index (χ2n) is 6.56. The number of benzene rings is 2. The zero-order valence-electron chi connectivity index (χ0n) is 16.3. The van der Waals surface area contributed by atoms with Gasteiger partial charge in [-0.2, -0.15) is 0 Å². The molecule has 0 saturated carbocycles. The van der Waals surface area contributed by atoms with E-state index in [-0.39, 0.29) is 26.9 Å². The number of amides is 2. The predicted octanol–water partition coefficient (Wildman–Crippen LogP) is 4.18. The normalized spacial score (nSPS) is 12.2. The Morgan fingerprint density at radius 2 is 1.71 bits per heavy atom. The van der Waals surface area contributed by atoms with Crippen molar-refractivity contribution in [2.75, 3.05) is 4.90 Å². The highest BCUT2D eigenvalue weighted by atomic mass is 35.5. The van der Waals surface area contributed by atoms with Gasteiger partial charge in [0.25, 0.3) is 0 Å². The van der Waals surface area contributed by atoms with Gasteiger partial charge in [0.2, 0.25) is 9.84 Å². The van der Waals surface area contributed by atoms with E-state index >= 15 is 0 Å². The molecule has 1 heterocycles. The summed E-state index contributed by atoms with van der Waals surface area (Å²) >= 11 is 6.13. The van der Waals surface area contributed by atoms with Gasteiger partial charge in [0, 0.05) is 10.6 Å². The maximum absolute atomic E-state index is 13.1. The van der Waals surface area contributed by atoms with E-state index in [1.165, 1.54) is 48.4 Å². The van der Waals surface area contributed by atoms with Gasteiger partial charge in [-0.1, -0.05) is 35.9 Å². The third kappa shape index (κ3) is 4.37. The minimum absolute atomic E-state index is 0.0226. The second-order valence-corrected chi connectivity index (χ2v) is 9.18. The lowest BCUT2D eigenvalue weighted by Gasteiger charge is -2.21. The fourth-order valence-electron chi connectivity index (χ4n) is 3.13. The summed E-state index contributed by atoms with van der Waals surface area (Å²) in [6, 6.07) is 14.6. The number of carbonyl (C=O) groups excluding carboxylic acids is 1. The summed E-state index contributed by atoms with van der Waals surface area (Å²) in [6.45, 7) is 1.35. The average Bonchev–Trinajstić information content (AvgIpc) is 2.74. The highest BCUT2D eigenvalue weighted by molar-refractivity contribution is 7.91. The number of carboxylic acids is 1. The lowest BCUT2D eigenvalue weighted by atomic mass is 10.1. The first-order valence-electron chi connectivity index (χ1n) is 9.01. The number of nitrogens with zero attached hydrogens (tertiary/aromatic N) is 2. The largest absolute Gasteiger partial charge is 0.478 e. The Kier molecular flexibility index (Phi) is 6.28. The van der Waals surface area contributed by atoms with Crippen LogP contribution in [0, 0.1) is 0 Å². The zero-order valence-corrected chi connectivity index (χ0v) is 17.8. The molecule has 8 nitrogen and oxygen atoms in total. The number of anilines is 2. The van der Waals surface area contributed by atoms with Crippen LogP contribution in [0.5, 0.6) is 0 Å². The van der Waals surface area contributed by atoms with Crippen molar-refractivity contribution >= 4 is 44.8 Å². The number of rotatable bonds is 6. The number of sulfone groups is 1. The molecule has 3 aromatic rings. The number of halogens is 1. The van der Waals surface area contributed by atoms with E-state index in [0.717, 1.165) is 0 Å². The Morgan fingerprint density at radius 3 is 2.26 bits per heavy atom. The zero-order chi connectivity index (χ0) is 22.8. The molecule has 0 bridgehead atoms. The van der Waals surface area contributed by atoms with Crippen LogP contribution in [-0.2, 0) is 9.84 Å². The highest BCUT2D eigenvalue weighted by Gasteiger charge is 2.31. The molecule has 0 saturated heterocycles. The van der Waals surface area contributed by atoms with Crippen LogP contribution >= 0.6 is 11.6 Å². The Morgan fingerprint density at radius 1 is 1.03 bits per heavy atom. The Balaban J connectivity index is 2.01. The predicted molar refractivity (Wildman–Crippen MR) is 116 cm³/mol. The molecule has 2 amide bonds. The SMILES string of the molecule is CC(c1c(Cl)cccc1C(=O)O)S(=O)(=O)c1ccc(N(C(N)=O)c2ccccc2)cn1. The standard InChI is InChI=1S/C21H18ClN3O5S/c1-13(19-16(20(26)27)8-5-9-17(19)22)31(29,30)18-11-10-15(12-24-18)25(21(23)28)14-6-3-2-4-7-14/h2-13H,1H3,(H2,23,28)(H,26,27). The van der Waals surface area contributed by atoms with Gasteiger partial charge < -0.3 is 10.8 Å². The van der Waals surface area contributed by atoms with Crippen LogP contribution in [0.3, 0.4) is 0 Å². The number of carboxylic acid groups (broad SMARTS) is 1. The number of nitrogens with two attached hydrogens (primary N) is 1. The first-order chi connectivity index (χ1) is 14.6. The van der Waals surface area contributed by atoms with Gasteiger partial charge >= 0.3 is 12.0 Å². The van der Waals surface area contributed by atoms with Gasteiger partial charge in [0.1, 0.15) is 0 Å². The lowest BCUT2D eigenvalue weighted by Crippen LogP contribution is -2.31. The third-order valence-electron chi connectivity index (χ3n) is 4.66. The molecule has 10 heteroatoms. The smallest absolute Gasteiger partial charge is 0.336 e. The Labute approximate surface area is 183 Å². The summed E-state index contributed by atoms with van der Waals surface area (Å²) in [5, 5.41) is 7.87. The van der Waals surface area contributed by atoms with Crippen molar-refractivity contribution in [3.63, 3.8) is 0 Å². The van der Waals surface area contributed by atoms with Crippen LogP contribution < -0.4 is 10.6 Å². The van der Waals surface area contributed by atoms with Crippen molar-refractivity contribution in [1.82, 2.24) is 4.98 Å². The summed E-state index contributed by atoms with van der Waals surface area (Å²) in [5.41, 5.74) is 6.02. The molecule has 1 unspecified atom stereocenters. The average molecular weight is 460 g/mol. The molecular weight excluding hydrogens is 442 g/mol. The minimum atomic E-state index is -4.09. The molecular formula is C21H18ClN3O5S. The fourth-order valence-corrected chi connectivity index (χ4v) is 4.91. The fraction of sp³-hybridized carbons (Fsp3) is 0.0952. The number of carbonyl (C=O) groups is 2. The topological polar surface area (TPSA) is 131 Å². The van der Waals surface area contributed by atoms with Crippen molar-refractivity contribution in [3.8, 4) is 0 Å². The first kappa shape index (κ1) is 22.3. The quantitative estimate of drug-likeness (QED) is 0.568. The molecule has 3 N–H and O–H groups in total. The van der Waals surface area contributed by atoms with Gasteiger partial charge in [0.15, 0.2) is 5.03 Å². The van der Waals surface area contributed by atoms with Crippen molar-refractivity contribution in [3.05, 3.63) is 83.0 Å². The van der Waals surface area contributed by atoms with E-state index in [1.54, 1.807) is 30.3 Å². The molecule has 160 valence electrons. The number of urea groups is 1. The number of hydrogen-bond donors (Lipinski definition) is 2. The summed E-state index contributed by atoms with van der Waals surface area (Å²) in [4.78, 5) is 28.7. The summed E-state index contributed by atoms with van der Waals surface area (Å²) in [5.74, 6) is -1.29. The van der Waals surface area contributed by atoms with Gasteiger partial charge in [0.05, 0.1) is 28.4 Å². The van der Waals surface area contributed by atoms with Gasteiger partial charge in [-0.3, -0.25) is 4.90 Å². The number of primary amides is 1. The van der Waals surface area contributed by atoms with E-state index < -0.39 is 27.1 Å². The molecule has 31 heavy (non-hydrogen) atoms. The molecule has 0 spiro atoms. The maximum Gasteiger partial charge on any atom is 0.336 e. The van der Waals surface area contributed by atoms with Crippen molar-refractivity contribution < 1.29 is 23.1 Å². The van der Waals surface area contributed by atoms with Gasteiger partial charge in [-0.25, -0.2) is 23.0 Å². The van der Waals surface area contributed by atoms with Crippen LogP contribution in [-0.4, -0.2) is 30.5 Å². The number of hydrogen-bond acceptors (Lipinski definition) is 5. The molecule has 0 fully saturated rings. The van der Waals surface area contributed by atoms with Crippen LogP contribution in [0.15, 0.2) is 71.9 Å². The molecule has 0 aliphatic carbocycles. The van der Waals surface area contributed by atoms with E-state index in [4.69, 9.17) is 17.3 Å².